The molecular formula is C9H22N2. The van der Waals surface area contributed by atoms with Crippen molar-refractivity contribution in [2.45, 2.75) is 33.2 Å². The van der Waals surface area contributed by atoms with Gasteiger partial charge in [-0.3, -0.25) is 9.80 Å². The molecule has 0 aromatic heterocycles. The Bertz CT molecular complexity index is 103. The van der Waals surface area contributed by atoms with Crippen LogP contribution in [0.5, 0.6) is 0 Å². The monoisotopic (exact) mass is 158 g/mol. The minimum atomic E-state index is 0.291. The van der Waals surface area contributed by atoms with Gasteiger partial charge in [-0.15, -0.1) is 0 Å². The Morgan fingerprint density at radius 1 is 1.09 bits per heavy atom. The summed E-state index contributed by atoms with van der Waals surface area (Å²) in [5, 5.41) is 0. The fourth-order valence-electron chi connectivity index (χ4n) is 1.13. The molecule has 0 unspecified atom stereocenters. The van der Waals surface area contributed by atoms with Crippen LogP contribution in [0, 0.1) is 0 Å². The van der Waals surface area contributed by atoms with Crippen LogP contribution in [0.4, 0.5) is 0 Å². The summed E-state index contributed by atoms with van der Waals surface area (Å²) >= 11 is 0. The van der Waals surface area contributed by atoms with E-state index in [2.05, 4.69) is 51.6 Å². The van der Waals surface area contributed by atoms with Crippen molar-refractivity contribution in [3.63, 3.8) is 0 Å². The normalized spacial score (nSPS) is 13.1. The summed E-state index contributed by atoms with van der Waals surface area (Å²) in [7, 11) is 4.21. The Balaban J connectivity index is 3.96. The van der Waals surface area contributed by atoms with Crippen LogP contribution in [-0.2, 0) is 0 Å². The highest BCUT2D eigenvalue weighted by Crippen LogP contribution is 2.11. The van der Waals surface area contributed by atoms with Gasteiger partial charge in [0.15, 0.2) is 0 Å². The number of hydrogen-bond donors (Lipinski definition) is 0. The van der Waals surface area contributed by atoms with Crippen molar-refractivity contribution in [1.29, 1.82) is 0 Å². The molecule has 0 saturated carbocycles. The fourth-order valence-corrected chi connectivity index (χ4v) is 1.13. The van der Waals surface area contributed by atoms with E-state index in [1.165, 1.54) is 0 Å². The van der Waals surface area contributed by atoms with Crippen molar-refractivity contribution in [1.82, 2.24) is 9.80 Å². The Hall–Kier alpha value is -0.0800. The molecule has 11 heavy (non-hydrogen) atoms. The number of rotatable bonds is 3. The van der Waals surface area contributed by atoms with E-state index in [0.29, 0.717) is 5.54 Å². The maximum Gasteiger partial charge on any atom is 0.0505 e. The van der Waals surface area contributed by atoms with Crippen LogP contribution in [-0.4, -0.2) is 42.6 Å². The first-order valence-corrected chi connectivity index (χ1v) is 4.27. The molecule has 0 aliphatic heterocycles. The summed E-state index contributed by atoms with van der Waals surface area (Å²) in [5.41, 5.74) is 0.291. The number of hydrogen-bond acceptors (Lipinski definition) is 2. The molecule has 0 radical (unpaired) electrons. The van der Waals surface area contributed by atoms with E-state index in [-0.39, 0.29) is 0 Å². The summed E-state index contributed by atoms with van der Waals surface area (Å²) in [6, 6.07) is 0. The molecule has 68 valence electrons. The molecule has 2 heteroatoms. The zero-order valence-corrected chi connectivity index (χ0v) is 8.81. The van der Waals surface area contributed by atoms with E-state index in [0.717, 1.165) is 13.2 Å². The van der Waals surface area contributed by atoms with E-state index in [1.807, 2.05) is 0 Å². The maximum absolute atomic E-state index is 2.44. The molecular weight excluding hydrogens is 136 g/mol. The van der Waals surface area contributed by atoms with Crippen LogP contribution < -0.4 is 0 Å². The van der Waals surface area contributed by atoms with Crippen molar-refractivity contribution in [3.8, 4) is 0 Å². The van der Waals surface area contributed by atoms with Gasteiger partial charge in [-0.25, -0.2) is 0 Å². The highest BCUT2D eigenvalue weighted by molar-refractivity contribution is 4.73. The standard InChI is InChI=1S/C9H22N2/c1-7-11(8-10(5)6)9(2,3)4/h7-8H2,1-6H3. The van der Waals surface area contributed by atoms with Crippen LogP contribution in [0.1, 0.15) is 27.7 Å². The lowest BCUT2D eigenvalue weighted by atomic mass is 10.1. The van der Waals surface area contributed by atoms with Gasteiger partial charge in [0, 0.05) is 5.54 Å². The molecule has 0 heterocycles. The second kappa shape index (κ2) is 4.07. The second-order valence-electron chi connectivity index (χ2n) is 4.25. The fraction of sp³-hybridized carbons (Fsp3) is 1.00. The van der Waals surface area contributed by atoms with Crippen LogP contribution in [0.3, 0.4) is 0 Å². The third kappa shape index (κ3) is 4.38. The topological polar surface area (TPSA) is 6.48 Å². The van der Waals surface area contributed by atoms with Gasteiger partial charge < -0.3 is 0 Å². The van der Waals surface area contributed by atoms with Crippen LogP contribution in [0.25, 0.3) is 0 Å². The highest BCUT2D eigenvalue weighted by atomic mass is 15.3. The predicted octanol–water partition coefficient (Wildman–Crippen LogP) is 1.63. The minimum absolute atomic E-state index is 0.291. The van der Waals surface area contributed by atoms with E-state index >= 15 is 0 Å². The first kappa shape index (κ1) is 10.9. The van der Waals surface area contributed by atoms with Gasteiger partial charge in [0.1, 0.15) is 0 Å². The van der Waals surface area contributed by atoms with Crippen molar-refractivity contribution in [3.05, 3.63) is 0 Å². The van der Waals surface area contributed by atoms with Crippen molar-refractivity contribution < 1.29 is 0 Å². The molecule has 0 spiro atoms. The van der Waals surface area contributed by atoms with Gasteiger partial charge in [0.25, 0.3) is 0 Å². The average Bonchev–Trinajstić information content (AvgIpc) is 1.79. The van der Waals surface area contributed by atoms with Crippen LogP contribution in [0.15, 0.2) is 0 Å². The van der Waals surface area contributed by atoms with Crippen LogP contribution in [0.2, 0.25) is 0 Å². The van der Waals surface area contributed by atoms with E-state index in [1.54, 1.807) is 0 Å². The lowest BCUT2D eigenvalue weighted by Gasteiger charge is -2.36. The molecule has 0 aromatic carbocycles. The molecule has 2 nitrogen and oxygen atoms in total. The molecule has 0 N–H and O–H groups in total. The largest absolute Gasteiger partial charge is 0.297 e. The van der Waals surface area contributed by atoms with Gasteiger partial charge in [0.2, 0.25) is 0 Å². The first-order chi connectivity index (χ1) is 4.88. The molecule has 0 aliphatic rings. The second-order valence-corrected chi connectivity index (χ2v) is 4.25. The van der Waals surface area contributed by atoms with Crippen molar-refractivity contribution in [2.24, 2.45) is 0 Å². The first-order valence-electron chi connectivity index (χ1n) is 4.27. The molecule has 0 bridgehead atoms. The molecule has 0 amide bonds. The summed E-state index contributed by atoms with van der Waals surface area (Å²) in [5.74, 6) is 0. The molecule has 0 saturated heterocycles. The maximum atomic E-state index is 2.44. The lowest BCUT2D eigenvalue weighted by molar-refractivity contribution is 0.0866. The van der Waals surface area contributed by atoms with Gasteiger partial charge in [0.05, 0.1) is 6.67 Å². The molecule has 0 aromatic rings. The average molecular weight is 158 g/mol. The highest BCUT2D eigenvalue weighted by Gasteiger charge is 2.19. The van der Waals surface area contributed by atoms with E-state index in [4.69, 9.17) is 0 Å². The smallest absolute Gasteiger partial charge is 0.0505 e. The Kier molecular flexibility index (Phi) is 4.04. The third-order valence-electron chi connectivity index (χ3n) is 1.78. The van der Waals surface area contributed by atoms with Crippen LogP contribution >= 0.6 is 0 Å². The number of nitrogens with zero attached hydrogens (tertiary/aromatic N) is 2. The summed E-state index contributed by atoms with van der Waals surface area (Å²) in [6.07, 6.45) is 0. The van der Waals surface area contributed by atoms with Gasteiger partial charge in [-0.05, 0) is 41.4 Å². The summed E-state index contributed by atoms with van der Waals surface area (Å²) in [6.45, 7) is 11.1. The Morgan fingerprint density at radius 2 is 1.55 bits per heavy atom. The zero-order valence-electron chi connectivity index (χ0n) is 8.81. The molecule has 0 fully saturated rings. The van der Waals surface area contributed by atoms with Crippen molar-refractivity contribution >= 4 is 0 Å². The van der Waals surface area contributed by atoms with E-state index in [9.17, 15) is 0 Å². The van der Waals surface area contributed by atoms with Gasteiger partial charge >= 0.3 is 0 Å². The summed E-state index contributed by atoms with van der Waals surface area (Å²) in [4.78, 5) is 4.64. The third-order valence-corrected chi connectivity index (χ3v) is 1.78. The minimum Gasteiger partial charge on any atom is -0.297 e. The van der Waals surface area contributed by atoms with Gasteiger partial charge in [-0.2, -0.15) is 0 Å². The summed E-state index contributed by atoms with van der Waals surface area (Å²) < 4.78 is 0. The molecule has 0 aliphatic carbocycles. The predicted molar refractivity (Wildman–Crippen MR) is 50.7 cm³/mol. The lowest BCUT2D eigenvalue weighted by Crippen LogP contribution is -2.45. The van der Waals surface area contributed by atoms with Gasteiger partial charge in [-0.1, -0.05) is 6.92 Å². The quantitative estimate of drug-likeness (QED) is 0.576. The van der Waals surface area contributed by atoms with E-state index < -0.39 is 0 Å². The zero-order chi connectivity index (χ0) is 9.07. The van der Waals surface area contributed by atoms with Crippen molar-refractivity contribution in [2.75, 3.05) is 27.3 Å². The SMILES string of the molecule is CCN(CN(C)C)C(C)(C)C. The molecule has 0 atom stereocenters. The Morgan fingerprint density at radius 3 is 1.64 bits per heavy atom. The Labute approximate surface area is 71.2 Å². The molecule has 0 rings (SSSR count).